The fraction of sp³-hybridized carbons (Fsp3) is 0.167. The third-order valence-corrected chi connectivity index (χ3v) is 3.51. The van der Waals surface area contributed by atoms with Crippen LogP contribution in [0, 0.1) is 0 Å². The third-order valence-electron chi connectivity index (χ3n) is 3.51. The Balaban J connectivity index is 1.77. The number of hydrogen-bond acceptors (Lipinski definition) is 5. The Labute approximate surface area is 140 Å². The number of aromatic nitrogens is 3. The molecule has 122 valence electrons. The van der Waals surface area contributed by atoms with Gasteiger partial charge in [-0.3, -0.25) is 0 Å². The van der Waals surface area contributed by atoms with Crippen molar-refractivity contribution in [1.29, 1.82) is 0 Å². The lowest BCUT2D eigenvalue weighted by molar-refractivity contribution is 0.216. The summed E-state index contributed by atoms with van der Waals surface area (Å²) < 4.78 is 13.0. The van der Waals surface area contributed by atoms with Crippen LogP contribution in [0.15, 0.2) is 66.3 Å². The predicted molar refractivity (Wildman–Crippen MR) is 91.5 cm³/mol. The molecule has 24 heavy (non-hydrogen) atoms. The van der Waals surface area contributed by atoms with E-state index in [-0.39, 0.29) is 6.10 Å². The summed E-state index contributed by atoms with van der Waals surface area (Å²) in [5, 5.41) is 11.6. The van der Waals surface area contributed by atoms with Crippen LogP contribution in [0.25, 0.3) is 0 Å². The highest BCUT2D eigenvalue weighted by Crippen LogP contribution is 2.31. The zero-order valence-electron chi connectivity index (χ0n) is 13.5. The van der Waals surface area contributed by atoms with E-state index < -0.39 is 0 Å². The lowest BCUT2D eigenvalue weighted by Crippen LogP contribution is -2.04. The van der Waals surface area contributed by atoms with Gasteiger partial charge in [-0.2, -0.15) is 5.10 Å². The standard InChI is InChI=1S/C18H18N4O2/c1-14(16-6-4-3-5-7-16)24-17-9-8-15(10-18(17)23-2)11-21-22-12-19-20-13-22/h3-14H,1-2H3/b21-11+. The molecule has 3 aromatic rings. The minimum atomic E-state index is -0.0726. The van der Waals surface area contributed by atoms with Crippen LogP contribution in [0.2, 0.25) is 0 Å². The number of benzene rings is 2. The fourth-order valence-electron chi connectivity index (χ4n) is 2.23. The monoisotopic (exact) mass is 322 g/mol. The maximum absolute atomic E-state index is 6.03. The number of ether oxygens (including phenoxy) is 2. The van der Waals surface area contributed by atoms with E-state index >= 15 is 0 Å². The Hall–Kier alpha value is -3.15. The number of rotatable bonds is 6. The summed E-state index contributed by atoms with van der Waals surface area (Å²) >= 11 is 0. The van der Waals surface area contributed by atoms with Gasteiger partial charge < -0.3 is 9.47 Å². The fourth-order valence-corrected chi connectivity index (χ4v) is 2.23. The number of nitrogens with zero attached hydrogens (tertiary/aromatic N) is 4. The molecule has 6 nitrogen and oxygen atoms in total. The Morgan fingerprint density at radius 2 is 1.79 bits per heavy atom. The first kappa shape index (κ1) is 15.7. The van der Waals surface area contributed by atoms with Crippen molar-refractivity contribution in [3.05, 3.63) is 72.3 Å². The first-order valence-corrected chi connectivity index (χ1v) is 7.55. The van der Waals surface area contributed by atoms with E-state index in [1.165, 1.54) is 17.3 Å². The van der Waals surface area contributed by atoms with Crippen molar-refractivity contribution >= 4 is 6.21 Å². The zero-order chi connectivity index (χ0) is 16.8. The maximum atomic E-state index is 6.03. The molecule has 0 aliphatic carbocycles. The average molecular weight is 322 g/mol. The average Bonchev–Trinajstić information content (AvgIpc) is 3.15. The number of hydrogen-bond donors (Lipinski definition) is 0. The third kappa shape index (κ3) is 3.78. The zero-order valence-corrected chi connectivity index (χ0v) is 13.5. The van der Waals surface area contributed by atoms with E-state index in [1.54, 1.807) is 13.3 Å². The number of methoxy groups -OCH3 is 1. The second-order valence-corrected chi connectivity index (χ2v) is 5.17. The van der Waals surface area contributed by atoms with Gasteiger partial charge in [0, 0.05) is 0 Å². The molecule has 2 aromatic carbocycles. The van der Waals surface area contributed by atoms with Crippen molar-refractivity contribution in [2.24, 2.45) is 5.10 Å². The summed E-state index contributed by atoms with van der Waals surface area (Å²) in [7, 11) is 1.62. The minimum absolute atomic E-state index is 0.0726. The molecular formula is C18H18N4O2. The van der Waals surface area contributed by atoms with Crippen molar-refractivity contribution in [3.8, 4) is 11.5 Å². The minimum Gasteiger partial charge on any atom is -0.493 e. The van der Waals surface area contributed by atoms with Crippen LogP contribution in [-0.2, 0) is 0 Å². The first-order chi connectivity index (χ1) is 11.8. The van der Waals surface area contributed by atoms with Crippen molar-refractivity contribution in [2.75, 3.05) is 7.11 Å². The summed E-state index contributed by atoms with van der Waals surface area (Å²) in [5.74, 6) is 1.35. The van der Waals surface area contributed by atoms with Gasteiger partial charge in [-0.05, 0) is 36.2 Å². The highest BCUT2D eigenvalue weighted by atomic mass is 16.5. The molecule has 6 heteroatoms. The lowest BCUT2D eigenvalue weighted by Gasteiger charge is -2.17. The van der Waals surface area contributed by atoms with Gasteiger partial charge >= 0.3 is 0 Å². The van der Waals surface area contributed by atoms with E-state index in [0.29, 0.717) is 11.5 Å². The van der Waals surface area contributed by atoms with Crippen molar-refractivity contribution in [2.45, 2.75) is 13.0 Å². The van der Waals surface area contributed by atoms with Gasteiger partial charge in [0.1, 0.15) is 18.8 Å². The molecule has 0 saturated heterocycles. The van der Waals surface area contributed by atoms with Gasteiger partial charge in [0.25, 0.3) is 0 Å². The SMILES string of the molecule is COc1cc(/C=N/n2cnnc2)ccc1OC(C)c1ccccc1. The smallest absolute Gasteiger partial charge is 0.162 e. The molecule has 0 fully saturated rings. The van der Waals surface area contributed by atoms with Gasteiger partial charge in [0.2, 0.25) is 0 Å². The summed E-state index contributed by atoms with van der Waals surface area (Å²) in [6.07, 6.45) is 4.67. The maximum Gasteiger partial charge on any atom is 0.162 e. The van der Waals surface area contributed by atoms with Gasteiger partial charge in [0.05, 0.1) is 13.3 Å². The van der Waals surface area contributed by atoms with Crippen LogP contribution in [0.5, 0.6) is 11.5 Å². The Bertz CT molecular complexity index is 801. The molecule has 0 bridgehead atoms. The second kappa shape index (κ2) is 7.41. The van der Waals surface area contributed by atoms with Crippen LogP contribution < -0.4 is 9.47 Å². The largest absolute Gasteiger partial charge is 0.493 e. The molecule has 0 radical (unpaired) electrons. The molecule has 1 atom stereocenters. The molecule has 1 heterocycles. The second-order valence-electron chi connectivity index (χ2n) is 5.17. The summed E-state index contributed by atoms with van der Waals surface area (Å²) in [5.41, 5.74) is 2.00. The van der Waals surface area contributed by atoms with Gasteiger partial charge in [-0.15, -0.1) is 10.2 Å². The van der Waals surface area contributed by atoms with E-state index in [0.717, 1.165) is 11.1 Å². The molecule has 0 aliphatic heterocycles. The van der Waals surface area contributed by atoms with Gasteiger partial charge in [-0.1, -0.05) is 30.3 Å². The predicted octanol–water partition coefficient (Wildman–Crippen LogP) is 3.31. The van der Waals surface area contributed by atoms with Gasteiger partial charge in [0.15, 0.2) is 11.5 Å². The normalized spacial score (nSPS) is 12.2. The first-order valence-electron chi connectivity index (χ1n) is 7.55. The molecule has 0 spiro atoms. The van der Waals surface area contributed by atoms with Crippen LogP contribution in [0.1, 0.15) is 24.2 Å². The lowest BCUT2D eigenvalue weighted by atomic mass is 10.1. The Morgan fingerprint density at radius 3 is 2.50 bits per heavy atom. The van der Waals surface area contributed by atoms with Crippen molar-refractivity contribution in [3.63, 3.8) is 0 Å². The van der Waals surface area contributed by atoms with Crippen LogP contribution in [0.3, 0.4) is 0 Å². The van der Waals surface area contributed by atoms with Crippen molar-refractivity contribution < 1.29 is 9.47 Å². The van der Waals surface area contributed by atoms with E-state index in [1.807, 2.05) is 55.5 Å². The molecule has 3 rings (SSSR count). The van der Waals surface area contributed by atoms with Crippen LogP contribution in [0.4, 0.5) is 0 Å². The molecule has 1 unspecified atom stereocenters. The highest BCUT2D eigenvalue weighted by molar-refractivity contribution is 5.80. The molecule has 0 amide bonds. The molecule has 1 aromatic heterocycles. The molecular weight excluding hydrogens is 304 g/mol. The van der Waals surface area contributed by atoms with Gasteiger partial charge in [-0.25, -0.2) is 4.68 Å². The summed E-state index contributed by atoms with van der Waals surface area (Å²) in [4.78, 5) is 0. The van der Waals surface area contributed by atoms with Crippen LogP contribution >= 0.6 is 0 Å². The van der Waals surface area contributed by atoms with E-state index in [4.69, 9.17) is 9.47 Å². The summed E-state index contributed by atoms with van der Waals surface area (Å²) in [6, 6.07) is 15.7. The Kier molecular flexibility index (Phi) is 4.86. The summed E-state index contributed by atoms with van der Waals surface area (Å²) in [6.45, 7) is 2.01. The highest BCUT2D eigenvalue weighted by Gasteiger charge is 2.11. The van der Waals surface area contributed by atoms with E-state index in [2.05, 4.69) is 15.3 Å². The van der Waals surface area contributed by atoms with Crippen LogP contribution in [-0.4, -0.2) is 28.2 Å². The van der Waals surface area contributed by atoms with Crippen molar-refractivity contribution in [1.82, 2.24) is 14.9 Å². The molecule has 0 saturated carbocycles. The molecule has 0 N–H and O–H groups in total. The van der Waals surface area contributed by atoms with E-state index in [9.17, 15) is 0 Å². The topological polar surface area (TPSA) is 61.5 Å². The Morgan fingerprint density at radius 1 is 1.04 bits per heavy atom. The quantitative estimate of drug-likeness (QED) is 0.653. The molecule has 0 aliphatic rings.